The summed E-state index contributed by atoms with van der Waals surface area (Å²) in [6, 6.07) is 22.8. The van der Waals surface area contributed by atoms with Crippen molar-refractivity contribution in [3.05, 3.63) is 95.6 Å². The molecule has 1 atom stereocenters. The van der Waals surface area contributed by atoms with Crippen molar-refractivity contribution in [2.75, 3.05) is 42.6 Å². The molecule has 3 aromatic carbocycles. The molecule has 8 heteroatoms. The summed E-state index contributed by atoms with van der Waals surface area (Å²) in [7, 11) is 0. The van der Waals surface area contributed by atoms with E-state index >= 15 is 0 Å². The lowest BCUT2D eigenvalue weighted by Crippen LogP contribution is -2.52. The van der Waals surface area contributed by atoms with Crippen molar-refractivity contribution in [3.63, 3.8) is 0 Å². The zero-order chi connectivity index (χ0) is 26.6. The zero-order valence-corrected chi connectivity index (χ0v) is 21.2. The number of carbonyl (C=O) groups is 4. The van der Waals surface area contributed by atoms with E-state index in [9.17, 15) is 19.2 Å². The Hall–Kier alpha value is -4.30. The van der Waals surface area contributed by atoms with Gasteiger partial charge in [-0.3, -0.25) is 19.3 Å². The third-order valence-corrected chi connectivity index (χ3v) is 7.07. The summed E-state index contributed by atoms with van der Waals surface area (Å²) < 4.78 is 5.17. The Kier molecular flexibility index (Phi) is 7.33. The number of ether oxygens (including phenoxy) is 1. The fourth-order valence-electron chi connectivity index (χ4n) is 4.89. The van der Waals surface area contributed by atoms with Crippen molar-refractivity contribution < 1.29 is 23.9 Å². The first-order chi connectivity index (χ1) is 18.4. The Morgan fingerprint density at radius 1 is 0.789 bits per heavy atom. The van der Waals surface area contributed by atoms with Gasteiger partial charge in [0.25, 0.3) is 5.91 Å². The minimum Gasteiger partial charge on any atom is -0.454 e. The predicted molar refractivity (Wildman–Crippen MR) is 143 cm³/mol. The molecule has 0 bridgehead atoms. The van der Waals surface area contributed by atoms with Gasteiger partial charge in [-0.25, -0.2) is 9.69 Å². The van der Waals surface area contributed by atoms with Gasteiger partial charge in [0.1, 0.15) is 0 Å². The predicted octanol–water partition coefficient (Wildman–Crippen LogP) is 3.49. The number of anilines is 2. The van der Waals surface area contributed by atoms with E-state index in [2.05, 4.69) is 21.9 Å². The van der Waals surface area contributed by atoms with Crippen LogP contribution in [-0.2, 0) is 14.3 Å². The number of benzene rings is 3. The molecule has 0 spiro atoms. The normalized spacial score (nSPS) is 18.1. The molecule has 2 amide bonds. The van der Waals surface area contributed by atoms with Crippen LogP contribution in [0.5, 0.6) is 0 Å². The number of aryl methyl sites for hydroxylation is 1. The van der Waals surface area contributed by atoms with Crippen molar-refractivity contribution in [2.45, 2.75) is 19.4 Å². The molecule has 0 N–H and O–H groups in total. The largest absolute Gasteiger partial charge is 0.454 e. The van der Waals surface area contributed by atoms with E-state index in [4.69, 9.17) is 4.74 Å². The number of hydrogen-bond donors (Lipinski definition) is 0. The Labute approximate surface area is 221 Å². The van der Waals surface area contributed by atoms with Crippen molar-refractivity contribution in [3.8, 4) is 0 Å². The number of imide groups is 1. The van der Waals surface area contributed by atoms with Gasteiger partial charge in [0, 0.05) is 37.4 Å². The number of para-hydroxylation sites is 1. The minimum absolute atomic E-state index is 0.134. The van der Waals surface area contributed by atoms with Crippen molar-refractivity contribution in [2.24, 2.45) is 0 Å². The standard InChI is InChI=1S/C30H29N3O5/c1-21-7-9-22(10-8-21)27(34)20-38-30(37)23-11-13-25(14-12-23)33-28(35)19-26(29(33)36)32-17-15-31(16-18-32)24-5-3-2-4-6-24/h2-14,26H,15-20H2,1H3. The van der Waals surface area contributed by atoms with Gasteiger partial charge < -0.3 is 9.64 Å². The average molecular weight is 512 g/mol. The first kappa shape index (κ1) is 25.4. The fourth-order valence-corrected chi connectivity index (χ4v) is 4.89. The van der Waals surface area contributed by atoms with E-state index in [-0.39, 0.29) is 36.2 Å². The van der Waals surface area contributed by atoms with Crippen molar-refractivity contribution in [1.82, 2.24) is 4.90 Å². The molecule has 38 heavy (non-hydrogen) atoms. The molecule has 1 unspecified atom stereocenters. The molecule has 8 nitrogen and oxygen atoms in total. The maximum absolute atomic E-state index is 13.2. The second kappa shape index (κ2) is 11.0. The summed E-state index contributed by atoms with van der Waals surface area (Å²) in [5.41, 5.74) is 3.31. The summed E-state index contributed by atoms with van der Waals surface area (Å²) in [6.07, 6.45) is 0.134. The highest BCUT2D eigenvalue weighted by atomic mass is 16.5. The number of ketones is 1. The monoisotopic (exact) mass is 511 g/mol. The first-order valence-electron chi connectivity index (χ1n) is 12.7. The van der Waals surface area contributed by atoms with Gasteiger partial charge in [-0.05, 0) is 43.3 Å². The molecular weight excluding hydrogens is 482 g/mol. The number of hydrogen-bond acceptors (Lipinski definition) is 7. The molecule has 2 aliphatic rings. The lowest BCUT2D eigenvalue weighted by atomic mass is 10.1. The van der Waals surface area contributed by atoms with E-state index < -0.39 is 12.0 Å². The van der Waals surface area contributed by atoms with Crippen LogP contribution < -0.4 is 9.80 Å². The Balaban J connectivity index is 1.17. The molecule has 0 saturated carbocycles. The van der Waals surface area contributed by atoms with Crippen LogP contribution in [0, 0.1) is 6.92 Å². The highest BCUT2D eigenvalue weighted by Gasteiger charge is 2.43. The maximum atomic E-state index is 13.2. The van der Waals surface area contributed by atoms with E-state index in [1.54, 1.807) is 24.3 Å². The van der Waals surface area contributed by atoms with Crippen LogP contribution in [-0.4, -0.2) is 67.3 Å². The van der Waals surface area contributed by atoms with E-state index in [1.165, 1.54) is 17.0 Å². The molecule has 2 fully saturated rings. The number of piperazine rings is 1. The topological polar surface area (TPSA) is 87.2 Å². The van der Waals surface area contributed by atoms with Gasteiger partial charge in [0.15, 0.2) is 12.4 Å². The lowest BCUT2D eigenvalue weighted by Gasteiger charge is -2.38. The molecule has 0 aliphatic carbocycles. The molecule has 5 rings (SSSR count). The van der Waals surface area contributed by atoms with Crippen LogP contribution in [0.15, 0.2) is 78.9 Å². The Morgan fingerprint density at radius 3 is 2.08 bits per heavy atom. The summed E-state index contributed by atoms with van der Waals surface area (Å²) in [5, 5.41) is 0. The summed E-state index contributed by atoms with van der Waals surface area (Å²) >= 11 is 0. The van der Waals surface area contributed by atoms with Crippen LogP contribution in [0.3, 0.4) is 0 Å². The van der Waals surface area contributed by atoms with Crippen LogP contribution in [0.1, 0.15) is 32.7 Å². The van der Waals surface area contributed by atoms with Crippen LogP contribution >= 0.6 is 0 Å². The van der Waals surface area contributed by atoms with Gasteiger partial charge in [-0.1, -0.05) is 48.0 Å². The number of rotatable bonds is 7. The van der Waals surface area contributed by atoms with Crippen LogP contribution in [0.2, 0.25) is 0 Å². The maximum Gasteiger partial charge on any atom is 0.338 e. The van der Waals surface area contributed by atoms with Gasteiger partial charge >= 0.3 is 5.97 Å². The van der Waals surface area contributed by atoms with Crippen LogP contribution in [0.25, 0.3) is 0 Å². The quantitative estimate of drug-likeness (QED) is 0.273. The average Bonchev–Trinajstić information content (AvgIpc) is 3.26. The van der Waals surface area contributed by atoms with Gasteiger partial charge in [0.05, 0.1) is 23.7 Å². The summed E-state index contributed by atoms with van der Waals surface area (Å²) in [5.74, 6) is -1.45. The molecule has 3 aromatic rings. The first-order valence-corrected chi connectivity index (χ1v) is 12.7. The SMILES string of the molecule is Cc1ccc(C(=O)COC(=O)c2ccc(N3C(=O)CC(N4CCN(c5ccccc5)CC4)C3=O)cc2)cc1. The highest BCUT2D eigenvalue weighted by molar-refractivity contribution is 6.22. The summed E-state index contributed by atoms with van der Waals surface area (Å²) in [6.45, 7) is 4.51. The summed E-state index contributed by atoms with van der Waals surface area (Å²) in [4.78, 5) is 56.3. The molecule has 0 radical (unpaired) electrons. The lowest BCUT2D eigenvalue weighted by molar-refractivity contribution is -0.123. The van der Waals surface area contributed by atoms with E-state index in [0.29, 0.717) is 24.3 Å². The third kappa shape index (κ3) is 5.35. The molecule has 2 saturated heterocycles. The third-order valence-electron chi connectivity index (χ3n) is 7.07. The smallest absolute Gasteiger partial charge is 0.338 e. The molecular formula is C30H29N3O5. The number of esters is 1. The number of carbonyl (C=O) groups excluding carboxylic acids is 4. The van der Waals surface area contributed by atoms with Crippen LogP contribution in [0.4, 0.5) is 11.4 Å². The fraction of sp³-hybridized carbons (Fsp3) is 0.267. The Bertz CT molecular complexity index is 1330. The van der Waals surface area contributed by atoms with Crippen molar-refractivity contribution in [1.29, 1.82) is 0 Å². The van der Waals surface area contributed by atoms with Gasteiger partial charge in [-0.2, -0.15) is 0 Å². The second-order valence-corrected chi connectivity index (χ2v) is 9.56. The Morgan fingerprint density at radius 2 is 1.42 bits per heavy atom. The van der Waals surface area contributed by atoms with Crippen molar-refractivity contribution >= 4 is 34.9 Å². The number of Topliss-reactive ketones (excluding diaryl/α,β-unsaturated/α-hetero) is 1. The zero-order valence-electron chi connectivity index (χ0n) is 21.2. The molecule has 194 valence electrons. The molecule has 2 aliphatic heterocycles. The van der Waals surface area contributed by atoms with E-state index in [0.717, 1.165) is 24.3 Å². The van der Waals surface area contributed by atoms with Gasteiger partial charge in [-0.15, -0.1) is 0 Å². The number of amides is 2. The van der Waals surface area contributed by atoms with E-state index in [1.807, 2.05) is 37.3 Å². The highest BCUT2D eigenvalue weighted by Crippen LogP contribution is 2.27. The second-order valence-electron chi connectivity index (χ2n) is 9.56. The number of nitrogens with zero attached hydrogens (tertiary/aromatic N) is 3. The molecule has 2 heterocycles. The minimum atomic E-state index is -0.648. The molecule has 0 aromatic heterocycles. The van der Waals surface area contributed by atoms with Gasteiger partial charge in [0.2, 0.25) is 5.91 Å².